The van der Waals surface area contributed by atoms with Crippen LogP contribution >= 0.6 is 23.2 Å². The highest BCUT2D eigenvalue weighted by Crippen LogP contribution is 2.20. The van der Waals surface area contributed by atoms with Gasteiger partial charge < -0.3 is 0 Å². The number of aromatic nitrogens is 4. The lowest BCUT2D eigenvalue weighted by atomic mass is 10.3. The van der Waals surface area contributed by atoms with Gasteiger partial charge in [0.1, 0.15) is 5.02 Å². The number of rotatable bonds is 3. The number of aromatic amines is 1. The molecule has 0 unspecified atom stereocenters. The van der Waals surface area contributed by atoms with Crippen molar-refractivity contribution in [1.82, 2.24) is 19.3 Å². The molecule has 102 valence electrons. The lowest BCUT2D eigenvalue weighted by molar-refractivity contribution is 0.586. The largest absolute Gasteiger partial charge is 0.328 e. The molecule has 2 aromatic heterocycles. The molecule has 2 rings (SSSR count). The second kappa shape index (κ2) is 5.22. The van der Waals surface area contributed by atoms with Gasteiger partial charge in [-0.1, -0.05) is 23.2 Å². The van der Waals surface area contributed by atoms with Crippen molar-refractivity contribution in [1.29, 1.82) is 0 Å². The maximum absolute atomic E-state index is 11.7. The minimum Gasteiger partial charge on any atom is -0.293 e. The third-order valence-corrected chi connectivity index (χ3v) is 3.50. The Kier molecular flexibility index (Phi) is 3.82. The number of aryl methyl sites for hydroxylation is 2. The molecule has 0 spiro atoms. The molecule has 2 aromatic rings. The lowest BCUT2D eigenvalue weighted by Gasteiger charge is -2.08. The van der Waals surface area contributed by atoms with Crippen molar-refractivity contribution < 1.29 is 0 Å². The van der Waals surface area contributed by atoms with E-state index in [0.717, 1.165) is 0 Å². The fourth-order valence-electron chi connectivity index (χ4n) is 1.78. The van der Waals surface area contributed by atoms with Gasteiger partial charge >= 0.3 is 5.69 Å². The molecule has 0 atom stereocenters. The van der Waals surface area contributed by atoms with E-state index in [9.17, 15) is 9.59 Å². The molecule has 0 aliphatic rings. The average molecular weight is 303 g/mol. The van der Waals surface area contributed by atoms with Crippen LogP contribution in [0.25, 0.3) is 0 Å². The van der Waals surface area contributed by atoms with Crippen LogP contribution in [0.2, 0.25) is 10.0 Å². The summed E-state index contributed by atoms with van der Waals surface area (Å²) in [5, 5.41) is 4.72. The highest BCUT2D eigenvalue weighted by molar-refractivity contribution is 6.31. The van der Waals surface area contributed by atoms with Crippen molar-refractivity contribution in [2.75, 3.05) is 0 Å². The zero-order valence-electron chi connectivity index (χ0n) is 10.4. The van der Waals surface area contributed by atoms with Crippen molar-refractivity contribution in [2.45, 2.75) is 26.9 Å². The smallest absolute Gasteiger partial charge is 0.293 e. The van der Waals surface area contributed by atoms with Gasteiger partial charge in [0.2, 0.25) is 0 Å². The molecule has 8 heteroatoms. The highest BCUT2D eigenvalue weighted by atomic mass is 35.5. The van der Waals surface area contributed by atoms with Gasteiger partial charge in [0.15, 0.2) is 0 Å². The van der Waals surface area contributed by atoms with Crippen LogP contribution in [-0.2, 0) is 13.1 Å². The van der Waals surface area contributed by atoms with E-state index in [-0.39, 0.29) is 11.6 Å². The molecule has 0 aliphatic carbocycles. The van der Waals surface area contributed by atoms with Crippen LogP contribution in [0.4, 0.5) is 0 Å². The number of nitrogens with zero attached hydrogens (tertiary/aromatic N) is 3. The van der Waals surface area contributed by atoms with E-state index in [1.165, 1.54) is 10.8 Å². The molecule has 0 amide bonds. The van der Waals surface area contributed by atoms with Gasteiger partial charge in [-0.2, -0.15) is 5.10 Å². The predicted molar refractivity (Wildman–Crippen MR) is 73.1 cm³/mol. The predicted octanol–water partition coefficient (Wildman–Crippen LogP) is 1.42. The average Bonchev–Trinajstić information content (AvgIpc) is 2.63. The maximum Gasteiger partial charge on any atom is 0.328 e. The second-order valence-electron chi connectivity index (χ2n) is 4.03. The van der Waals surface area contributed by atoms with E-state index in [4.69, 9.17) is 23.2 Å². The number of hydrogen-bond acceptors (Lipinski definition) is 3. The Hall–Kier alpha value is -1.53. The number of nitrogens with one attached hydrogen (secondary N) is 1. The van der Waals surface area contributed by atoms with Crippen LogP contribution in [0.15, 0.2) is 15.8 Å². The highest BCUT2D eigenvalue weighted by Gasteiger charge is 2.14. The van der Waals surface area contributed by atoms with Crippen LogP contribution in [0.3, 0.4) is 0 Å². The molecule has 0 saturated heterocycles. The Balaban J connectivity index is 2.50. The first kappa shape index (κ1) is 13.9. The summed E-state index contributed by atoms with van der Waals surface area (Å²) >= 11 is 11.9. The lowest BCUT2D eigenvalue weighted by Crippen LogP contribution is -2.30. The first-order chi connectivity index (χ1) is 8.93. The van der Waals surface area contributed by atoms with Gasteiger partial charge in [-0.05, 0) is 13.8 Å². The van der Waals surface area contributed by atoms with Gasteiger partial charge in [0, 0.05) is 12.7 Å². The zero-order valence-corrected chi connectivity index (χ0v) is 11.9. The summed E-state index contributed by atoms with van der Waals surface area (Å²) in [4.78, 5) is 25.0. The third-order valence-electron chi connectivity index (χ3n) is 2.74. The van der Waals surface area contributed by atoms with E-state index in [2.05, 4.69) is 10.1 Å². The van der Waals surface area contributed by atoms with Gasteiger partial charge in [-0.15, -0.1) is 0 Å². The summed E-state index contributed by atoms with van der Waals surface area (Å²) in [7, 11) is 0. The number of H-pyrrole nitrogens is 1. The van der Waals surface area contributed by atoms with Crippen molar-refractivity contribution in [2.24, 2.45) is 0 Å². The van der Waals surface area contributed by atoms with E-state index >= 15 is 0 Å². The molecular weight excluding hydrogens is 291 g/mol. The molecule has 0 bridgehead atoms. The summed E-state index contributed by atoms with van der Waals surface area (Å²) in [6.45, 7) is 4.55. The molecule has 0 radical (unpaired) electrons. The Morgan fingerprint density at radius 2 is 2.05 bits per heavy atom. The molecule has 19 heavy (non-hydrogen) atoms. The summed E-state index contributed by atoms with van der Waals surface area (Å²) in [5.74, 6) is 0. The van der Waals surface area contributed by atoms with Crippen LogP contribution < -0.4 is 11.2 Å². The zero-order chi connectivity index (χ0) is 14.2. The summed E-state index contributed by atoms with van der Waals surface area (Å²) in [5.41, 5.74) is 0.259. The Morgan fingerprint density at radius 1 is 1.37 bits per heavy atom. The monoisotopic (exact) mass is 302 g/mol. The molecule has 0 fully saturated rings. The minimum absolute atomic E-state index is 0.0463. The fraction of sp³-hybridized carbons (Fsp3) is 0.364. The maximum atomic E-state index is 11.7. The van der Waals surface area contributed by atoms with Gasteiger partial charge in [0.05, 0.1) is 23.0 Å². The normalized spacial score (nSPS) is 10.9. The van der Waals surface area contributed by atoms with Crippen LogP contribution in [0.1, 0.15) is 18.3 Å². The van der Waals surface area contributed by atoms with Crippen LogP contribution in [-0.4, -0.2) is 19.3 Å². The van der Waals surface area contributed by atoms with E-state index in [1.54, 1.807) is 11.6 Å². The number of hydrogen-bond donors (Lipinski definition) is 1. The van der Waals surface area contributed by atoms with E-state index in [1.807, 2.05) is 6.92 Å². The van der Waals surface area contributed by atoms with Gasteiger partial charge in [0.25, 0.3) is 5.56 Å². The first-order valence-corrected chi connectivity index (χ1v) is 6.40. The Labute approximate surface area is 118 Å². The molecule has 0 aromatic carbocycles. The minimum atomic E-state index is -0.603. The van der Waals surface area contributed by atoms with Gasteiger partial charge in [-0.3, -0.25) is 19.0 Å². The standard InChI is InChI=1S/C11H12Cl2N4O2/c1-3-17-8(9(13)6(2)15-17)5-16-4-7(12)10(18)14-11(16)19/h4H,3,5H2,1-2H3,(H,14,18,19). The summed E-state index contributed by atoms with van der Waals surface area (Å²) in [6, 6.07) is 0. The van der Waals surface area contributed by atoms with E-state index < -0.39 is 11.2 Å². The molecule has 0 aliphatic heterocycles. The third kappa shape index (κ3) is 2.59. The van der Waals surface area contributed by atoms with Crippen LogP contribution in [0, 0.1) is 6.92 Å². The topological polar surface area (TPSA) is 72.7 Å². The first-order valence-electron chi connectivity index (χ1n) is 5.65. The second-order valence-corrected chi connectivity index (χ2v) is 4.81. The van der Waals surface area contributed by atoms with Gasteiger partial charge in [-0.25, -0.2) is 4.79 Å². The van der Waals surface area contributed by atoms with E-state index in [0.29, 0.717) is 23.0 Å². The molecular formula is C11H12Cl2N4O2. The van der Waals surface area contributed by atoms with Crippen molar-refractivity contribution >= 4 is 23.2 Å². The molecule has 1 N–H and O–H groups in total. The summed E-state index contributed by atoms with van der Waals surface area (Å²) in [6.07, 6.45) is 1.29. The molecule has 6 nitrogen and oxygen atoms in total. The quantitative estimate of drug-likeness (QED) is 0.932. The van der Waals surface area contributed by atoms with Crippen LogP contribution in [0.5, 0.6) is 0 Å². The summed E-state index contributed by atoms with van der Waals surface area (Å²) < 4.78 is 3.00. The van der Waals surface area contributed by atoms with Crippen molar-refractivity contribution in [3.8, 4) is 0 Å². The Morgan fingerprint density at radius 3 is 2.68 bits per heavy atom. The molecule has 0 saturated carbocycles. The van der Waals surface area contributed by atoms with Crippen molar-refractivity contribution in [3.63, 3.8) is 0 Å². The molecule has 2 heterocycles. The SMILES string of the molecule is CCn1nc(C)c(Cl)c1Cn1cc(Cl)c(=O)[nH]c1=O. The van der Waals surface area contributed by atoms with Crippen molar-refractivity contribution in [3.05, 3.63) is 48.5 Å². The fourth-order valence-corrected chi connectivity index (χ4v) is 2.14. The Bertz CT molecular complexity index is 729. The number of halogens is 2.